The van der Waals surface area contributed by atoms with Gasteiger partial charge in [-0.3, -0.25) is 9.10 Å². The van der Waals surface area contributed by atoms with Crippen LogP contribution in [0.3, 0.4) is 0 Å². The molecule has 0 saturated carbocycles. The molecule has 0 aromatic heterocycles. The quantitative estimate of drug-likeness (QED) is 0.730. The SMILES string of the molecule is CCC(C(=O)NC(C)c1cc(C)ccc1C)N(c1ccc(C)c(C)c1)S(C)(=O)=O. The topological polar surface area (TPSA) is 66.5 Å². The first-order chi connectivity index (χ1) is 13.5. The van der Waals surface area contributed by atoms with Crippen molar-refractivity contribution in [1.29, 1.82) is 0 Å². The summed E-state index contributed by atoms with van der Waals surface area (Å²) in [4.78, 5) is 13.2. The highest BCUT2D eigenvalue weighted by molar-refractivity contribution is 7.92. The van der Waals surface area contributed by atoms with E-state index in [2.05, 4.69) is 11.4 Å². The summed E-state index contributed by atoms with van der Waals surface area (Å²) in [6, 6.07) is 10.5. The van der Waals surface area contributed by atoms with Gasteiger partial charge in [0.15, 0.2) is 0 Å². The largest absolute Gasteiger partial charge is 0.348 e. The molecule has 0 saturated heterocycles. The smallest absolute Gasteiger partial charge is 0.244 e. The maximum atomic E-state index is 13.2. The van der Waals surface area contributed by atoms with Crippen LogP contribution in [0.25, 0.3) is 0 Å². The van der Waals surface area contributed by atoms with Crippen molar-refractivity contribution in [1.82, 2.24) is 5.32 Å². The van der Waals surface area contributed by atoms with Crippen molar-refractivity contribution in [3.05, 3.63) is 64.2 Å². The molecule has 2 atom stereocenters. The standard InChI is InChI=1S/C23H32N2O3S/c1-8-22(23(26)24-19(6)21-13-15(2)9-10-17(21)4)25(29(7,27)28)20-12-11-16(3)18(5)14-20/h9-14,19,22H,8H2,1-7H3,(H,24,26). The lowest BCUT2D eigenvalue weighted by Gasteiger charge is -2.31. The first-order valence-corrected chi connectivity index (χ1v) is 11.7. The van der Waals surface area contributed by atoms with Crippen molar-refractivity contribution in [3.8, 4) is 0 Å². The summed E-state index contributed by atoms with van der Waals surface area (Å²) in [6.45, 7) is 11.7. The molecule has 0 heterocycles. The Morgan fingerprint density at radius 1 is 1.00 bits per heavy atom. The normalized spacial score (nSPS) is 13.6. The second-order valence-corrected chi connectivity index (χ2v) is 9.70. The van der Waals surface area contributed by atoms with Gasteiger partial charge in [0.2, 0.25) is 15.9 Å². The van der Waals surface area contributed by atoms with Crippen molar-refractivity contribution < 1.29 is 13.2 Å². The third kappa shape index (κ3) is 5.38. The van der Waals surface area contributed by atoms with Crippen LogP contribution in [0, 0.1) is 27.7 Å². The van der Waals surface area contributed by atoms with Crippen molar-refractivity contribution in [2.24, 2.45) is 0 Å². The van der Waals surface area contributed by atoms with Crippen LogP contribution < -0.4 is 9.62 Å². The molecule has 0 aliphatic heterocycles. The molecule has 0 radical (unpaired) electrons. The molecular weight excluding hydrogens is 384 g/mol. The van der Waals surface area contributed by atoms with Gasteiger partial charge in [-0.1, -0.05) is 36.8 Å². The molecule has 0 fully saturated rings. The fourth-order valence-electron chi connectivity index (χ4n) is 3.54. The van der Waals surface area contributed by atoms with E-state index in [1.54, 1.807) is 6.07 Å². The van der Waals surface area contributed by atoms with Gasteiger partial charge < -0.3 is 5.32 Å². The fraction of sp³-hybridized carbons (Fsp3) is 0.435. The van der Waals surface area contributed by atoms with Crippen molar-refractivity contribution >= 4 is 21.6 Å². The Hall–Kier alpha value is -2.34. The van der Waals surface area contributed by atoms with E-state index in [0.717, 1.165) is 34.1 Å². The average molecular weight is 417 g/mol. The summed E-state index contributed by atoms with van der Waals surface area (Å²) >= 11 is 0. The zero-order chi connectivity index (χ0) is 21.9. The number of hydrogen-bond acceptors (Lipinski definition) is 3. The molecule has 2 rings (SSSR count). The van der Waals surface area contributed by atoms with E-state index in [9.17, 15) is 13.2 Å². The molecule has 1 N–H and O–H groups in total. The molecule has 29 heavy (non-hydrogen) atoms. The van der Waals surface area contributed by atoms with Crippen LogP contribution in [-0.4, -0.2) is 26.6 Å². The highest BCUT2D eigenvalue weighted by atomic mass is 32.2. The molecule has 2 aromatic rings. The Kier molecular flexibility index (Phi) is 7.11. The second-order valence-electron chi connectivity index (χ2n) is 7.84. The molecule has 0 aliphatic rings. The van der Waals surface area contributed by atoms with Gasteiger partial charge in [0, 0.05) is 0 Å². The molecule has 0 aliphatic carbocycles. The van der Waals surface area contributed by atoms with Gasteiger partial charge in [-0.05, 0) is 75.4 Å². The van der Waals surface area contributed by atoms with Crippen LogP contribution in [0.1, 0.15) is 54.1 Å². The summed E-state index contributed by atoms with van der Waals surface area (Å²) in [5.41, 5.74) is 5.80. The predicted molar refractivity (Wildman–Crippen MR) is 120 cm³/mol. The number of rotatable bonds is 7. The highest BCUT2D eigenvalue weighted by Crippen LogP contribution is 2.26. The zero-order valence-corrected chi connectivity index (χ0v) is 19.2. The fourth-order valence-corrected chi connectivity index (χ4v) is 4.74. The maximum Gasteiger partial charge on any atom is 0.244 e. The van der Waals surface area contributed by atoms with E-state index in [0.29, 0.717) is 12.1 Å². The van der Waals surface area contributed by atoms with Gasteiger partial charge in [0.25, 0.3) is 0 Å². The average Bonchev–Trinajstić information content (AvgIpc) is 2.62. The Morgan fingerprint density at radius 2 is 1.62 bits per heavy atom. The minimum absolute atomic E-state index is 0.224. The summed E-state index contributed by atoms with van der Waals surface area (Å²) in [5.74, 6) is -0.301. The number of carbonyl (C=O) groups is 1. The monoisotopic (exact) mass is 416 g/mol. The lowest BCUT2D eigenvalue weighted by molar-refractivity contribution is -0.122. The van der Waals surface area contributed by atoms with Gasteiger partial charge in [-0.2, -0.15) is 0 Å². The van der Waals surface area contributed by atoms with E-state index in [4.69, 9.17) is 0 Å². The number of sulfonamides is 1. The number of benzene rings is 2. The zero-order valence-electron chi connectivity index (χ0n) is 18.4. The van der Waals surface area contributed by atoms with Crippen molar-refractivity contribution in [2.75, 3.05) is 10.6 Å². The van der Waals surface area contributed by atoms with E-state index >= 15 is 0 Å². The number of aryl methyl sites for hydroxylation is 4. The molecule has 1 amide bonds. The van der Waals surface area contributed by atoms with E-state index < -0.39 is 16.1 Å². The molecule has 6 heteroatoms. The van der Waals surface area contributed by atoms with Gasteiger partial charge in [-0.25, -0.2) is 8.42 Å². The summed E-state index contributed by atoms with van der Waals surface area (Å²) in [6.07, 6.45) is 1.51. The van der Waals surface area contributed by atoms with E-state index in [-0.39, 0.29) is 11.9 Å². The van der Waals surface area contributed by atoms with Crippen LogP contribution in [0.5, 0.6) is 0 Å². The van der Waals surface area contributed by atoms with Gasteiger partial charge in [-0.15, -0.1) is 0 Å². The van der Waals surface area contributed by atoms with Crippen LogP contribution in [0.4, 0.5) is 5.69 Å². The number of nitrogens with one attached hydrogen (secondary N) is 1. The van der Waals surface area contributed by atoms with Crippen LogP contribution >= 0.6 is 0 Å². The van der Waals surface area contributed by atoms with Crippen LogP contribution in [0.2, 0.25) is 0 Å². The third-order valence-corrected chi connectivity index (χ3v) is 6.51. The van der Waals surface area contributed by atoms with Crippen molar-refractivity contribution in [2.45, 2.75) is 60.0 Å². The Bertz CT molecular complexity index is 999. The minimum Gasteiger partial charge on any atom is -0.348 e. The number of amides is 1. The molecular formula is C23H32N2O3S. The second kappa shape index (κ2) is 8.99. The number of anilines is 1. The van der Waals surface area contributed by atoms with E-state index in [1.165, 1.54) is 4.31 Å². The minimum atomic E-state index is -3.65. The summed E-state index contributed by atoms with van der Waals surface area (Å²) < 4.78 is 26.5. The van der Waals surface area contributed by atoms with Gasteiger partial charge >= 0.3 is 0 Å². The van der Waals surface area contributed by atoms with Crippen molar-refractivity contribution in [3.63, 3.8) is 0 Å². The van der Waals surface area contributed by atoms with Crippen LogP contribution in [-0.2, 0) is 14.8 Å². The molecule has 0 spiro atoms. The maximum absolute atomic E-state index is 13.2. The lowest BCUT2D eigenvalue weighted by atomic mass is 9.99. The Balaban J connectivity index is 2.37. The first kappa shape index (κ1) is 22.9. The molecule has 5 nitrogen and oxygen atoms in total. The Morgan fingerprint density at radius 3 is 2.17 bits per heavy atom. The highest BCUT2D eigenvalue weighted by Gasteiger charge is 2.32. The molecule has 0 bridgehead atoms. The summed E-state index contributed by atoms with van der Waals surface area (Å²) in [5, 5.41) is 3.02. The number of carbonyl (C=O) groups excluding carboxylic acids is 1. The first-order valence-electron chi connectivity index (χ1n) is 9.89. The number of hydrogen-bond donors (Lipinski definition) is 1. The molecule has 2 aromatic carbocycles. The third-order valence-electron chi connectivity index (χ3n) is 5.33. The Labute approximate surface area is 175 Å². The van der Waals surface area contributed by atoms with Crippen LogP contribution in [0.15, 0.2) is 36.4 Å². The summed E-state index contributed by atoms with van der Waals surface area (Å²) in [7, 11) is -3.65. The predicted octanol–water partition coefficient (Wildman–Crippen LogP) is 4.34. The number of nitrogens with zero attached hydrogens (tertiary/aromatic N) is 1. The molecule has 2 unspecified atom stereocenters. The lowest BCUT2D eigenvalue weighted by Crippen LogP contribution is -2.49. The van der Waals surface area contributed by atoms with Gasteiger partial charge in [0.05, 0.1) is 18.0 Å². The van der Waals surface area contributed by atoms with E-state index in [1.807, 2.05) is 65.8 Å². The molecule has 158 valence electrons. The van der Waals surface area contributed by atoms with Gasteiger partial charge in [0.1, 0.15) is 6.04 Å².